The molecule has 1 unspecified atom stereocenters. The molecular weight excluding hydrogens is 476 g/mol. The van der Waals surface area contributed by atoms with E-state index < -0.39 is 5.92 Å². The Morgan fingerprint density at radius 1 is 0.947 bits per heavy atom. The number of ether oxygens (including phenoxy) is 1. The van der Waals surface area contributed by atoms with Crippen molar-refractivity contribution in [3.05, 3.63) is 81.7 Å². The lowest BCUT2D eigenvalue weighted by molar-refractivity contribution is -0.146. The van der Waals surface area contributed by atoms with E-state index in [0.717, 1.165) is 47.5 Å². The third-order valence-electron chi connectivity index (χ3n) is 7.49. The number of rotatable bonds is 10. The zero-order valence-corrected chi connectivity index (χ0v) is 23.6. The fourth-order valence-corrected chi connectivity index (χ4v) is 5.37. The molecule has 0 bridgehead atoms. The lowest BCUT2D eigenvalue weighted by Gasteiger charge is -2.27. The molecule has 0 fully saturated rings. The summed E-state index contributed by atoms with van der Waals surface area (Å²) in [5.74, 6) is -0.283. The molecule has 1 aliphatic rings. The molecular formula is C31H40N4O3. The average Bonchev–Trinajstić information content (AvgIpc) is 3.50. The van der Waals surface area contributed by atoms with Crippen LogP contribution in [0.25, 0.3) is 0 Å². The molecule has 0 saturated heterocycles. The first-order chi connectivity index (χ1) is 18.2. The van der Waals surface area contributed by atoms with Gasteiger partial charge in [-0.2, -0.15) is 5.10 Å². The molecule has 2 aromatic carbocycles. The van der Waals surface area contributed by atoms with Crippen LogP contribution in [0.15, 0.2) is 42.5 Å². The third kappa shape index (κ3) is 6.09. The van der Waals surface area contributed by atoms with Crippen molar-refractivity contribution in [3.63, 3.8) is 0 Å². The van der Waals surface area contributed by atoms with Crippen molar-refractivity contribution in [1.29, 1.82) is 0 Å². The molecule has 0 N–H and O–H groups in total. The number of benzene rings is 2. The fourth-order valence-electron chi connectivity index (χ4n) is 5.37. The van der Waals surface area contributed by atoms with Crippen molar-refractivity contribution in [2.45, 2.75) is 59.5 Å². The van der Waals surface area contributed by atoms with Crippen molar-refractivity contribution < 1.29 is 14.3 Å². The minimum absolute atomic E-state index is 0.180. The molecule has 1 atom stereocenters. The summed E-state index contributed by atoms with van der Waals surface area (Å²) in [4.78, 5) is 31.0. The van der Waals surface area contributed by atoms with Gasteiger partial charge in [-0.3, -0.25) is 14.3 Å². The second kappa shape index (κ2) is 11.8. The normalized spacial score (nSPS) is 13.1. The molecule has 2 heterocycles. The van der Waals surface area contributed by atoms with E-state index in [1.165, 1.54) is 16.7 Å². The van der Waals surface area contributed by atoms with Crippen LogP contribution in [0, 0.1) is 12.8 Å². The van der Waals surface area contributed by atoms with E-state index in [2.05, 4.69) is 43.2 Å². The highest BCUT2D eigenvalue weighted by Gasteiger charge is 2.33. The number of carbonyl (C=O) groups excluding carboxylic acids is 2. The third-order valence-corrected chi connectivity index (χ3v) is 7.49. The van der Waals surface area contributed by atoms with Gasteiger partial charge in [-0.15, -0.1) is 0 Å². The monoisotopic (exact) mass is 516 g/mol. The molecule has 4 rings (SSSR count). The predicted octanol–water partition coefficient (Wildman–Crippen LogP) is 4.26. The number of fused-ring (bicyclic) bond motifs is 1. The van der Waals surface area contributed by atoms with E-state index in [9.17, 15) is 9.59 Å². The van der Waals surface area contributed by atoms with E-state index in [4.69, 9.17) is 4.74 Å². The van der Waals surface area contributed by atoms with Crippen LogP contribution in [0.5, 0.6) is 5.75 Å². The number of aromatic nitrogens is 2. The summed E-state index contributed by atoms with van der Waals surface area (Å²) in [5, 5.41) is 4.43. The van der Waals surface area contributed by atoms with Gasteiger partial charge >= 0.3 is 0 Å². The second-order valence-electron chi connectivity index (χ2n) is 10.4. The topological polar surface area (TPSA) is 67.7 Å². The predicted molar refractivity (Wildman–Crippen MR) is 149 cm³/mol. The maximum Gasteiger partial charge on any atom is 0.235 e. The summed E-state index contributed by atoms with van der Waals surface area (Å²) >= 11 is 0. The van der Waals surface area contributed by atoms with E-state index in [0.29, 0.717) is 26.1 Å². The highest BCUT2D eigenvalue weighted by atomic mass is 16.5. The van der Waals surface area contributed by atoms with Crippen molar-refractivity contribution in [2.24, 2.45) is 13.0 Å². The van der Waals surface area contributed by atoms with Gasteiger partial charge in [0.1, 0.15) is 11.7 Å². The molecule has 1 aliphatic heterocycles. The van der Waals surface area contributed by atoms with Crippen LogP contribution in [0.2, 0.25) is 0 Å². The summed E-state index contributed by atoms with van der Waals surface area (Å²) in [7, 11) is 5.42. The van der Waals surface area contributed by atoms with E-state index in [-0.39, 0.29) is 11.8 Å². The van der Waals surface area contributed by atoms with Gasteiger partial charge in [-0.25, -0.2) is 0 Å². The molecule has 202 valence electrons. The maximum absolute atomic E-state index is 13.8. The summed E-state index contributed by atoms with van der Waals surface area (Å²) in [6.45, 7) is 7.82. The van der Waals surface area contributed by atoms with Gasteiger partial charge in [0.2, 0.25) is 11.8 Å². The van der Waals surface area contributed by atoms with Crippen molar-refractivity contribution >= 4 is 11.8 Å². The number of nitrogens with zero attached hydrogens (tertiary/aromatic N) is 4. The Kier molecular flexibility index (Phi) is 8.55. The Hall–Kier alpha value is -3.61. The average molecular weight is 517 g/mol. The molecule has 1 aromatic heterocycles. The molecule has 0 radical (unpaired) electrons. The lowest BCUT2D eigenvalue weighted by atomic mass is 9.97. The number of carbonyl (C=O) groups is 2. The first-order valence-electron chi connectivity index (χ1n) is 13.5. The minimum Gasteiger partial charge on any atom is -0.493 e. The molecule has 3 aromatic rings. The molecule has 2 amide bonds. The first kappa shape index (κ1) is 27.4. The number of amides is 2. The second-order valence-corrected chi connectivity index (χ2v) is 10.4. The van der Waals surface area contributed by atoms with Gasteiger partial charge in [0.05, 0.1) is 12.3 Å². The van der Waals surface area contributed by atoms with Crippen LogP contribution in [0.4, 0.5) is 0 Å². The molecule has 0 saturated carbocycles. The Labute approximate surface area is 226 Å². The summed E-state index contributed by atoms with van der Waals surface area (Å²) in [5.41, 5.74) is 7.66. The molecule has 7 heteroatoms. The van der Waals surface area contributed by atoms with Crippen molar-refractivity contribution in [1.82, 2.24) is 19.6 Å². The Morgan fingerprint density at radius 3 is 2.18 bits per heavy atom. The van der Waals surface area contributed by atoms with Crippen LogP contribution in [-0.2, 0) is 55.4 Å². The van der Waals surface area contributed by atoms with E-state index in [1.807, 2.05) is 32.2 Å². The van der Waals surface area contributed by atoms with Gasteiger partial charge in [-0.05, 0) is 59.7 Å². The quantitative estimate of drug-likeness (QED) is 0.378. The highest BCUT2D eigenvalue weighted by molar-refractivity contribution is 6.00. The zero-order valence-electron chi connectivity index (χ0n) is 23.6. The van der Waals surface area contributed by atoms with E-state index in [1.54, 1.807) is 28.6 Å². The minimum atomic E-state index is -0.835. The van der Waals surface area contributed by atoms with Crippen LogP contribution in [0.1, 0.15) is 53.1 Å². The van der Waals surface area contributed by atoms with Crippen molar-refractivity contribution in [2.75, 3.05) is 20.7 Å². The fraction of sp³-hybridized carbons (Fsp3) is 0.452. The summed E-state index contributed by atoms with van der Waals surface area (Å²) in [6, 6.07) is 14.4. The summed E-state index contributed by atoms with van der Waals surface area (Å²) in [6.07, 6.45) is 3.12. The Bertz CT molecular complexity index is 1310. The Morgan fingerprint density at radius 2 is 1.58 bits per heavy atom. The van der Waals surface area contributed by atoms with Gasteiger partial charge in [0.25, 0.3) is 0 Å². The number of hydrogen-bond donors (Lipinski definition) is 0. The van der Waals surface area contributed by atoms with Crippen LogP contribution < -0.4 is 4.74 Å². The van der Waals surface area contributed by atoms with Gasteiger partial charge in [0, 0.05) is 52.8 Å². The van der Waals surface area contributed by atoms with Crippen LogP contribution in [-0.4, -0.2) is 52.1 Å². The molecule has 7 nitrogen and oxygen atoms in total. The smallest absolute Gasteiger partial charge is 0.235 e. The molecule has 0 aliphatic carbocycles. The van der Waals surface area contributed by atoms with Crippen molar-refractivity contribution in [3.8, 4) is 5.75 Å². The number of hydrogen-bond acceptors (Lipinski definition) is 4. The lowest BCUT2D eigenvalue weighted by Crippen LogP contribution is -2.43. The van der Waals surface area contributed by atoms with Crippen LogP contribution >= 0.6 is 0 Å². The van der Waals surface area contributed by atoms with Gasteiger partial charge in [-0.1, -0.05) is 44.2 Å². The van der Waals surface area contributed by atoms with E-state index >= 15 is 0 Å². The van der Waals surface area contributed by atoms with Gasteiger partial charge < -0.3 is 14.5 Å². The number of aryl methyl sites for hydroxylation is 4. The van der Waals surface area contributed by atoms with Gasteiger partial charge in [0.15, 0.2) is 0 Å². The largest absolute Gasteiger partial charge is 0.493 e. The first-order valence-corrected chi connectivity index (χ1v) is 13.5. The summed E-state index contributed by atoms with van der Waals surface area (Å²) < 4.78 is 7.38. The Balaban J connectivity index is 1.54. The highest BCUT2D eigenvalue weighted by Crippen LogP contribution is 2.27. The van der Waals surface area contributed by atoms with Crippen LogP contribution in [0.3, 0.4) is 0 Å². The standard InChI is InChI=1S/C31H40N4O3/c1-7-24-11-9-22(16-25(24)8-2)19-33(4)30(36)28(18-27-15-21(3)32-35(27)6)31(37)34(5)20-23-10-12-29-26(17-23)13-14-38-29/h9-12,15-17,28H,7-8,13-14,18-20H2,1-6H3. The molecule has 0 spiro atoms. The molecule has 38 heavy (non-hydrogen) atoms. The zero-order chi connectivity index (χ0) is 27.4. The SMILES string of the molecule is CCc1ccc(CN(C)C(=O)C(Cc2cc(C)nn2C)C(=O)N(C)Cc2ccc3c(c2)CCO3)cc1CC. The maximum atomic E-state index is 13.8.